The van der Waals surface area contributed by atoms with E-state index in [0.717, 1.165) is 29.9 Å². The van der Waals surface area contributed by atoms with Crippen molar-refractivity contribution in [1.82, 2.24) is 15.2 Å². The van der Waals surface area contributed by atoms with E-state index in [4.69, 9.17) is 9.47 Å². The van der Waals surface area contributed by atoms with Crippen molar-refractivity contribution in [3.8, 4) is 17.0 Å². The predicted molar refractivity (Wildman–Crippen MR) is 141 cm³/mol. The highest BCUT2D eigenvalue weighted by Crippen LogP contribution is 2.21. The van der Waals surface area contributed by atoms with E-state index in [1.807, 2.05) is 81.4 Å². The van der Waals surface area contributed by atoms with E-state index in [2.05, 4.69) is 15.2 Å². The number of likely N-dealkylation sites (N-methyl/N-ethyl adjacent to an activating group) is 1. The van der Waals surface area contributed by atoms with E-state index in [-0.39, 0.29) is 17.9 Å². The number of benzene rings is 2. The fourth-order valence-corrected chi connectivity index (χ4v) is 4.06. The lowest BCUT2D eigenvalue weighted by atomic mass is 10.0. The smallest absolute Gasteiger partial charge is 0.323 e. The SMILES string of the molecule is CCOC(=O)C(Cc1ccc(OCCNC(=O)c2ccccc2-c2ccccn2)cc1)N(CC)CC. The summed E-state index contributed by atoms with van der Waals surface area (Å²) >= 11 is 0. The molecule has 1 unspecified atom stereocenters. The summed E-state index contributed by atoms with van der Waals surface area (Å²) in [5.74, 6) is 0.343. The number of esters is 1. The summed E-state index contributed by atoms with van der Waals surface area (Å²) in [5, 5.41) is 2.92. The molecule has 0 aliphatic heterocycles. The third-order valence-corrected chi connectivity index (χ3v) is 5.93. The van der Waals surface area contributed by atoms with E-state index in [1.165, 1.54) is 0 Å². The van der Waals surface area contributed by atoms with Crippen molar-refractivity contribution in [3.05, 3.63) is 84.1 Å². The van der Waals surface area contributed by atoms with Crippen molar-refractivity contribution in [2.75, 3.05) is 32.8 Å². The fourth-order valence-electron chi connectivity index (χ4n) is 4.06. The van der Waals surface area contributed by atoms with Crippen LogP contribution >= 0.6 is 0 Å². The third kappa shape index (κ3) is 7.39. The molecule has 1 heterocycles. The highest BCUT2D eigenvalue weighted by Gasteiger charge is 2.25. The van der Waals surface area contributed by atoms with Crippen LogP contribution in [-0.4, -0.2) is 60.7 Å². The number of carbonyl (C=O) groups is 2. The van der Waals surface area contributed by atoms with Gasteiger partial charge in [0.25, 0.3) is 5.91 Å². The molecule has 0 bridgehead atoms. The molecule has 0 aliphatic carbocycles. The van der Waals surface area contributed by atoms with Crippen molar-refractivity contribution in [2.24, 2.45) is 0 Å². The van der Waals surface area contributed by atoms with Gasteiger partial charge < -0.3 is 14.8 Å². The second-order valence-corrected chi connectivity index (χ2v) is 8.20. The molecule has 0 radical (unpaired) electrons. The van der Waals surface area contributed by atoms with Gasteiger partial charge in [-0.1, -0.05) is 50.2 Å². The summed E-state index contributed by atoms with van der Waals surface area (Å²) in [6, 6.07) is 20.4. The average molecular weight is 490 g/mol. The van der Waals surface area contributed by atoms with Crippen LogP contribution < -0.4 is 10.1 Å². The van der Waals surface area contributed by atoms with Crippen LogP contribution in [0.4, 0.5) is 0 Å². The molecule has 0 spiro atoms. The summed E-state index contributed by atoms with van der Waals surface area (Å²) < 4.78 is 11.1. The molecule has 1 aromatic heterocycles. The summed E-state index contributed by atoms with van der Waals surface area (Å²) in [6.45, 7) is 8.54. The Morgan fingerprint density at radius 2 is 1.67 bits per heavy atom. The van der Waals surface area contributed by atoms with Gasteiger partial charge in [0.1, 0.15) is 18.4 Å². The molecule has 0 saturated heterocycles. The van der Waals surface area contributed by atoms with Gasteiger partial charge in [0.2, 0.25) is 0 Å². The first-order valence-electron chi connectivity index (χ1n) is 12.5. The van der Waals surface area contributed by atoms with Gasteiger partial charge in [-0.05, 0) is 62.3 Å². The molecule has 3 aromatic rings. The van der Waals surface area contributed by atoms with Crippen molar-refractivity contribution >= 4 is 11.9 Å². The summed E-state index contributed by atoms with van der Waals surface area (Å²) in [5.41, 5.74) is 3.15. The van der Waals surface area contributed by atoms with Gasteiger partial charge >= 0.3 is 5.97 Å². The van der Waals surface area contributed by atoms with Crippen molar-refractivity contribution in [1.29, 1.82) is 0 Å². The highest BCUT2D eigenvalue weighted by molar-refractivity contribution is 6.00. The number of rotatable bonds is 13. The van der Waals surface area contributed by atoms with Gasteiger partial charge in [-0.2, -0.15) is 0 Å². The number of hydrogen-bond acceptors (Lipinski definition) is 6. The number of nitrogens with one attached hydrogen (secondary N) is 1. The van der Waals surface area contributed by atoms with E-state index in [1.54, 1.807) is 12.3 Å². The molecular formula is C29H35N3O4. The van der Waals surface area contributed by atoms with Crippen LogP contribution in [0, 0.1) is 0 Å². The van der Waals surface area contributed by atoms with Crippen LogP contribution in [0.1, 0.15) is 36.7 Å². The molecule has 7 nitrogen and oxygen atoms in total. The van der Waals surface area contributed by atoms with Gasteiger partial charge in [0, 0.05) is 17.3 Å². The summed E-state index contributed by atoms with van der Waals surface area (Å²) in [7, 11) is 0. The van der Waals surface area contributed by atoms with Crippen LogP contribution in [0.15, 0.2) is 72.9 Å². The second-order valence-electron chi connectivity index (χ2n) is 8.20. The summed E-state index contributed by atoms with van der Waals surface area (Å²) in [6.07, 6.45) is 2.29. The summed E-state index contributed by atoms with van der Waals surface area (Å²) in [4.78, 5) is 31.7. The van der Waals surface area contributed by atoms with Crippen molar-refractivity contribution < 1.29 is 19.1 Å². The van der Waals surface area contributed by atoms with Crippen LogP contribution in [-0.2, 0) is 16.0 Å². The molecule has 2 aromatic carbocycles. The Bertz CT molecular complexity index is 1100. The Hall–Kier alpha value is -3.71. The maximum absolute atomic E-state index is 12.8. The first kappa shape index (κ1) is 26.9. The maximum Gasteiger partial charge on any atom is 0.323 e. The fraction of sp³-hybridized carbons (Fsp3) is 0.345. The lowest BCUT2D eigenvalue weighted by Crippen LogP contribution is -2.43. The largest absolute Gasteiger partial charge is 0.492 e. The van der Waals surface area contributed by atoms with E-state index in [0.29, 0.717) is 37.5 Å². The number of hydrogen-bond donors (Lipinski definition) is 1. The first-order valence-corrected chi connectivity index (χ1v) is 12.5. The highest BCUT2D eigenvalue weighted by atomic mass is 16.5. The van der Waals surface area contributed by atoms with Crippen LogP contribution in [0.5, 0.6) is 5.75 Å². The predicted octanol–water partition coefficient (Wildman–Crippen LogP) is 4.37. The van der Waals surface area contributed by atoms with Gasteiger partial charge in [-0.3, -0.25) is 19.5 Å². The van der Waals surface area contributed by atoms with Gasteiger partial charge in [0.15, 0.2) is 0 Å². The minimum atomic E-state index is -0.309. The molecule has 0 fully saturated rings. The zero-order valence-electron chi connectivity index (χ0n) is 21.3. The van der Waals surface area contributed by atoms with E-state index < -0.39 is 0 Å². The Morgan fingerprint density at radius 3 is 2.33 bits per heavy atom. The Labute approximate surface area is 213 Å². The topological polar surface area (TPSA) is 80.8 Å². The third-order valence-electron chi connectivity index (χ3n) is 5.93. The molecule has 0 saturated carbocycles. The number of nitrogens with zero attached hydrogens (tertiary/aromatic N) is 2. The minimum Gasteiger partial charge on any atom is -0.492 e. The average Bonchev–Trinajstić information content (AvgIpc) is 2.92. The number of amides is 1. The van der Waals surface area contributed by atoms with Gasteiger partial charge in [-0.15, -0.1) is 0 Å². The zero-order valence-corrected chi connectivity index (χ0v) is 21.3. The van der Waals surface area contributed by atoms with Crippen molar-refractivity contribution in [2.45, 2.75) is 33.2 Å². The monoisotopic (exact) mass is 489 g/mol. The Balaban J connectivity index is 1.52. The van der Waals surface area contributed by atoms with Crippen molar-refractivity contribution in [3.63, 3.8) is 0 Å². The Morgan fingerprint density at radius 1 is 0.944 bits per heavy atom. The van der Waals surface area contributed by atoms with Crippen LogP contribution in [0.25, 0.3) is 11.3 Å². The zero-order chi connectivity index (χ0) is 25.8. The number of ether oxygens (including phenoxy) is 2. The van der Waals surface area contributed by atoms with Gasteiger partial charge in [0.05, 0.1) is 18.8 Å². The number of aromatic nitrogens is 1. The molecule has 1 atom stereocenters. The molecule has 1 amide bonds. The lowest BCUT2D eigenvalue weighted by Gasteiger charge is -2.27. The van der Waals surface area contributed by atoms with Crippen LogP contribution in [0.3, 0.4) is 0 Å². The second kappa shape index (κ2) is 14.0. The molecule has 190 valence electrons. The number of pyridine rings is 1. The molecule has 7 heteroatoms. The van der Waals surface area contributed by atoms with E-state index >= 15 is 0 Å². The molecular weight excluding hydrogens is 454 g/mol. The van der Waals surface area contributed by atoms with Gasteiger partial charge in [-0.25, -0.2) is 0 Å². The molecule has 0 aliphatic rings. The first-order chi connectivity index (χ1) is 17.6. The minimum absolute atomic E-state index is 0.170. The maximum atomic E-state index is 12.8. The molecule has 3 rings (SSSR count). The quantitative estimate of drug-likeness (QED) is 0.284. The lowest BCUT2D eigenvalue weighted by molar-refractivity contribution is -0.149. The van der Waals surface area contributed by atoms with E-state index in [9.17, 15) is 9.59 Å². The standard InChI is InChI=1S/C29H35N3O4/c1-4-32(5-2)27(29(34)35-6-3)21-22-14-16-23(17-15-22)36-20-19-31-28(33)25-12-8-7-11-24(25)26-13-9-10-18-30-26/h7-18,27H,4-6,19-21H2,1-3H3,(H,31,33). The molecule has 1 N–H and O–H groups in total. The van der Waals surface area contributed by atoms with Crippen LogP contribution in [0.2, 0.25) is 0 Å². The molecule has 36 heavy (non-hydrogen) atoms. The normalized spacial score (nSPS) is 11.7. The number of carbonyl (C=O) groups excluding carboxylic acids is 2. The Kier molecular flexibility index (Phi) is 10.5.